The number of amides is 1. The molecule has 3 N–H and O–H groups in total. The van der Waals surface area contributed by atoms with Gasteiger partial charge in [0.05, 0.1) is 11.1 Å². The molecule has 1 unspecified atom stereocenters. The number of para-hydroxylation sites is 1. The number of carbonyl (C=O) groups is 1. The molecule has 0 fully saturated rings. The number of halogens is 2. The Kier molecular flexibility index (Phi) is 5.75. The lowest BCUT2D eigenvalue weighted by molar-refractivity contribution is -0.124. The Balaban J connectivity index is 2.90. The highest BCUT2D eigenvalue weighted by Crippen LogP contribution is 2.32. The summed E-state index contributed by atoms with van der Waals surface area (Å²) in [6, 6.07) is 6.51. The highest BCUT2D eigenvalue weighted by atomic mass is 32.2. The Bertz CT molecular complexity index is 436. The molecule has 19 heavy (non-hydrogen) atoms. The van der Waals surface area contributed by atoms with Crippen molar-refractivity contribution in [2.75, 3.05) is 11.9 Å². The van der Waals surface area contributed by atoms with Gasteiger partial charge in [0.15, 0.2) is 0 Å². The van der Waals surface area contributed by atoms with Crippen molar-refractivity contribution in [2.24, 2.45) is 11.1 Å². The fraction of sp³-hybridized carbons (Fsp3) is 0.462. The van der Waals surface area contributed by atoms with Crippen LogP contribution in [0.1, 0.15) is 20.3 Å². The van der Waals surface area contributed by atoms with E-state index in [1.54, 1.807) is 31.2 Å². The SMILES string of the molecule is CCC(C)(CN)C(=O)Nc1ccccc1SC(F)F. The molecule has 1 aromatic carbocycles. The van der Waals surface area contributed by atoms with Crippen molar-refractivity contribution in [3.63, 3.8) is 0 Å². The molecule has 3 nitrogen and oxygen atoms in total. The lowest BCUT2D eigenvalue weighted by atomic mass is 9.86. The van der Waals surface area contributed by atoms with Gasteiger partial charge in [0.2, 0.25) is 5.91 Å². The van der Waals surface area contributed by atoms with Gasteiger partial charge in [-0.15, -0.1) is 0 Å². The van der Waals surface area contributed by atoms with Gasteiger partial charge < -0.3 is 11.1 Å². The molecule has 1 amide bonds. The molecular formula is C13H18F2N2OS. The Morgan fingerprint density at radius 2 is 2.11 bits per heavy atom. The minimum absolute atomic E-state index is 0.208. The summed E-state index contributed by atoms with van der Waals surface area (Å²) in [5.41, 5.74) is 5.31. The Labute approximate surface area is 115 Å². The first-order valence-corrected chi connectivity index (χ1v) is 6.86. The van der Waals surface area contributed by atoms with Gasteiger partial charge in [0.25, 0.3) is 5.76 Å². The van der Waals surface area contributed by atoms with Crippen molar-refractivity contribution >= 4 is 23.4 Å². The zero-order valence-corrected chi connectivity index (χ0v) is 11.8. The van der Waals surface area contributed by atoms with E-state index < -0.39 is 11.2 Å². The van der Waals surface area contributed by atoms with E-state index in [-0.39, 0.29) is 12.5 Å². The van der Waals surface area contributed by atoms with Gasteiger partial charge in [-0.1, -0.05) is 30.8 Å². The van der Waals surface area contributed by atoms with Crippen LogP contribution in [0, 0.1) is 5.41 Å². The molecule has 1 rings (SSSR count). The lowest BCUT2D eigenvalue weighted by Crippen LogP contribution is -2.39. The van der Waals surface area contributed by atoms with Crippen molar-refractivity contribution in [2.45, 2.75) is 30.9 Å². The maximum absolute atomic E-state index is 12.4. The van der Waals surface area contributed by atoms with Gasteiger partial charge in [0, 0.05) is 11.4 Å². The summed E-state index contributed by atoms with van der Waals surface area (Å²) >= 11 is 0.414. The third-order valence-corrected chi connectivity index (χ3v) is 3.92. The molecule has 106 valence electrons. The molecule has 0 aliphatic rings. The predicted octanol–water partition coefficient (Wildman–Crippen LogP) is 3.31. The number of thioether (sulfide) groups is 1. The molecule has 0 heterocycles. The van der Waals surface area contributed by atoms with E-state index in [2.05, 4.69) is 5.32 Å². The van der Waals surface area contributed by atoms with Crippen LogP contribution in [0.2, 0.25) is 0 Å². The Hall–Kier alpha value is -1.14. The Morgan fingerprint density at radius 3 is 2.63 bits per heavy atom. The quantitative estimate of drug-likeness (QED) is 0.790. The van der Waals surface area contributed by atoms with Gasteiger partial charge in [0.1, 0.15) is 0 Å². The highest BCUT2D eigenvalue weighted by molar-refractivity contribution is 7.99. The number of rotatable bonds is 6. The summed E-state index contributed by atoms with van der Waals surface area (Å²) < 4.78 is 24.9. The van der Waals surface area contributed by atoms with Crippen LogP contribution in [0.5, 0.6) is 0 Å². The second-order valence-electron chi connectivity index (χ2n) is 4.45. The van der Waals surface area contributed by atoms with Crippen molar-refractivity contribution in [1.82, 2.24) is 0 Å². The van der Waals surface area contributed by atoms with Crippen LogP contribution in [0.3, 0.4) is 0 Å². The van der Waals surface area contributed by atoms with Crippen molar-refractivity contribution in [3.05, 3.63) is 24.3 Å². The summed E-state index contributed by atoms with van der Waals surface area (Å²) in [5, 5.41) is 2.69. The average Bonchev–Trinajstić information content (AvgIpc) is 2.39. The van der Waals surface area contributed by atoms with Crippen LogP contribution in [0.25, 0.3) is 0 Å². The minimum atomic E-state index is -2.52. The molecule has 1 atom stereocenters. The normalized spacial score (nSPS) is 14.2. The van der Waals surface area contributed by atoms with Crippen LogP contribution < -0.4 is 11.1 Å². The molecule has 0 saturated carbocycles. The van der Waals surface area contributed by atoms with Gasteiger partial charge in [-0.2, -0.15) is 8.78 Å². The number of nitrogens with one attached hydrogen (secondary N) is 1. The summed E-state index contributed by atoms with van der Waals surface area (Å²) in [6.07, 6.45) is 0.583. The molecule has 0 bridgehead atoms. The third kappa shape index (κ3) is 4.18. The number of hydrogen-bond donors (Lipinski definition) is 2. The fourth-order valence-electron chi connectivity index (χ4n) is 1.44. The average molecular weight is 288 g/mol. The molecule has 0 spiro atoms. The number of carbonyl (C=O) groups excluding carboxylic acids is 1. The first kappa shape index (κ1) is 15.9. The van der Waals surface area contributed by atoms with E-state index in [4.69, 9.17) is 5.73 Å². The molecule has 1 aromatic rings. The lowest BCUT2D eigenvalue weighted by Gasteiger charge is -2.25. The minimum Gasteiger partial charge on any atom is -0.329 e. The molecule has 0 aromatic heterocycles. The fourth-order valence-corrected chi connectivity index (χ4v) is 2.03. The smallest absolute Gasteiger partial charge is 0.288 e. The van der Waals surface area contributed by atoms with Gasteiger partial charge in [-0.05, 0) is 25.5 Å². The summed E-state index contributed by atoms with van der Waals surface area (Å²) in [5.74, 6) is -2.77. The predicted molar refractivity (Wildman–Crippen MR) is 74.4 cm³/mol. The molecule has 0 radical (unpaired) electrons. The van der Waals surface area contributed by atoms with Crippen LogP contribution in [-0.4, -0.2) is 18.2 Å². The molecule has 0 aliphatic carbocycles. The van der Waals surface area contributed by atoms with Gasteiger partial charge >= 0.3 is 0 Å². The van der Waals surface area contributed by atoms with E-state index in [9.17, 15) is 13.6 Å². The highest BCUT2D eigenvalue weighted by Gasteiger charge is 2.30. The molecule has 0 aliphatic heterocycles. The maximum Gasteiger partial charge on any atom is 0.288 e. The summed E-state index contributed by atoms with van der Waals surface area (Å²) in [7, 11) is 0. The molecule has 0 saturated heterocycles. The number of benzene rings is 1. The number of anilines is 1. The summed E-state index contributed by atoms with van der Waals surface area (Å²) in [6.45, 7) is 3.83. The van der Waals surface area contributed by atoms with Gasteiger partial charge in [-0.3, -0.25) is 4.79 Å². The monoisotopic (exact) mass is 288 g/mol. The topological polar surface area (TPSA) is 55.1 Å². The number of alkyl halides is 2. The van der Waals surface area contributed by atoms with E-state index >= 15 is 0 Å². The van der Waals surface area contributed by atoms with Crippen molar-refractivity contribution < 1.29 is 13.6 Å². The van der Waals surface area contributed by atoms with Crippen LogP contribution in [-0.2, 0) is 4.79 Å². The van der Waals surface area contributed by atoms with Gasteiger partial charge in [-0.25, -0.2) is 0 Å². The Morgan fingerprint density at radius 1 is 1.47 bits per heavy atom. The molecule has 6 heteroatoms. The molecular weight excluding hydrogens is 270 g/mol. The largest absolute Gasteiger partial charge is 0.329 e. The number of hydrogen-bond acceptors (Lipinski definition) is 3. The second-order valence-corrected chi connectivity index (χ2v) is 5.48. The van der Waals surface area contributed by atoms with Crippen LogP contribution in [0.15, 0.2) is 29.2 Å². The summed E-state index contributed by atoms with van der Waals surface area (Å²) in [4.78, 5) is 12.5. The van der Waals surface area contributed by atoms with E-state index in [1.165, 1.54) is 0 Å². The van der Waals surface area contributed by atoms with E-state index in [1.807, 2.05) is 6.92 Å². The van der Waals surface area contributed by atoms with Crippen LogP contribution >= 0.6 is 11.8 Å². The first-order chi connectivity index (χ1) is 8.92. The van der Waals surface area contributed by atoms with Crippen LogP contribution in [0.4, 0.5) is 14.5 Å². The second kappa shape index (κ2) is 6.86. The zero-order valence-electron chi connectivity index (χ0n) is 11.0. The zero-order chi connectivity index (χ0) is 14.5. The van der Waals surface area contributed by atoms with E-state index in [0.29, 0.717) is 28.8 Å². The van der Waals surface area contributed by atoms with E-state index in [0.717, 1.165) is 0 Å². The first-order valence-electron chi connectivity index (χ1n) is 5.98. The van der Waals surface area contributed by atoms with Crippen molar-refractivity contribution in [1.29, 1.82) is 0 Å². The van der Waals surface area contributed by atoms with Crippen molar-refractivity contribution in [3.8, 4) is 0 Å². The standard InChI is InChI=1S/C13H18F2N2OS/c1-3-13(2,8-16)11(18)17-9-6-4-5-7-10(9)19-12(14)15/h4-7,12H,3,8,16H2,1-2H3,(H,17,18). The third-order valence-electron chi connectivity index (χ3n) is 3.13. The number of nitrogens with two attached hydrogens (primary N) is 1. The maximum atomic E-state index is 12.4.